The number of hydrogen-bond acceptors (Lipinski definition) is 7. The number of ether oxygens (including phenoxy) is 3. The Balaban J connectivity index is 1.73. The molecule has 30 heavy (non-hydrogen) atoms. The maximum Gasteiger partial charge on any atom is 0.321 e. The average Bonchev–Trinajstić information content (AvgIpc) is 3.03. The number of sulfonamides is 1. The van der Waals surface area contributed by atoms with Gasteiger partial charge in [-0.15, -0.1) is 16.0 Å². The fraction of sp³-hybridized carbons (Fsp3) is 0.300. The molecule has 0 saturated carbocycles. The number of halogens is 1. The van der Waals surface area contributed by atoms with Crippen molar-refractivity contribution in [3.05, 3.63) is 54.1 Å². The molecule has 0 amide bonds. The summed E-state index contributed by atoms with van der Waals surface area (Å²) < 4.78 is 44.7. The first-order valence-electron chi connectivity index (χ1n) is 9.02. The van der Waals surface area contributed by atoms with Crippen molar-refractivity contribution in [2.75, 3.05) is 33.2 Å². The van der Waals surface area contributed by atoms with Crippen LogP contribution in [-0.4, -0.2) is 64.4 Å². The predicted octanol–water partition coefficient (Wildman–Crippen LogP) is 2.31. The van der Waals surface area contributed by atoms with Gasteiger partial charge in [-0.1, -0.05) is 12.1 Å². The molecule has 2 aromatic carbocycles. The third-order valence-electron chi connectivity index (χ3n) is 4.35. The molecular weight excluding hydrogens is 432 g/mol. The van der Waals surface area contributed by atoms with Crippen LogP contribution in [0.5, 0.6) is 11.5 Å². The van der Waals surface area contributed by atoms with Crippen LogP contribution in [0.1, 0.15) is 5.56 Å². The van der Waals surface area contributed by atoms with Crippen LogP contribution < -0.4 is 9.47 Å². The van der Waals surface area contributed by atoms with Crippen molar-refractivity contribution in [1.82, 2.24) is 4.90 Å². The molecule has 2 aromatic rings. The van der Waals surface area contributed by atoms with Gasteiger partial charge in [-0.2, -0.15) is 8.42 Å². The number of fused-ring (bicyclic) bond motifs is 1. The SMILES string of the molecule is COc1ccc(OC[C@H](CN(C)C2=NS(=O)(=O)c3ccccc32)OC(=O)CCl)cc1. The van der Waals surface area contributed by atoms with Crippen LogP contribution in [0.3, 0.4) is 0 Å². The second kappa shape index (κ2) is 9.36. The summed E-state index contributed by atoms with van der Waals surface area (Å²) in [4.78, 5) is 13.5. The van der Waals surface area contributed by atoms with Crippen molar-refractivity contribution < 1.29 is 27.4 Å². The molecule has 1 heterocycles. The van der Waals surface area contributed by atoms with E-state index in [1.807, 2.05) is 0 Å². The zero-order valence-corrected chi connectivity index (χ0v) is 18.0. The molecule has 10 heteroatoms. The van der Waals surface area contributed by atoms with Crippen LogP contribution in [-0.2, 0) is 19.6 Å². The van der Waals surface area contributed by atoms with Gasteiger partial charge >= 0.3 is 5.97 Å². The van der Waals surface area contributed by atoms with Crippen LogP contribution in [0.2, 0.25) is 0 Å². The van der Waals surface area contributed by atoms with E-state index in [-0.39, 0.29) is 29.8 Å². The van der Waals surface area contributed by atoms with E-state index in [9.17, 15) is 13.2 Å². The summed E-state index contributed by atoms with van der Waals surface area (Å²) in [7, 11) is -0.512. The monoisotopic (exact) mass is 452 g/mol. The van der Waals surface area contributed by atoms with Crippen molar-refractivity contribution in [2.24, 2.45) is 4.40 Å². The number of benzene rings is 2. The van der Waals surface area contributed by atoms with Crippen molar-refractivity contribution in [2.45, 2.75) is 11.0 Å². The number of nitrogens with zero attached hydrogens (tertiary/aromatic N) is 2. The van der Waals surface area contributed by atoms with Crippen molar-refractivity contribution in [3.63, 3.8) is 0 Å². The van der Waals surface area contributed by atoms with E-state index >= 15 is 0 Å². The number of carbonyl (C=O) groups is 1. The van der Waals surface area contributed by atoms with E-state index in [0.717, 1.165) is 0 Å². The molecule has 0 fully saturated rings. The van der Waals surface area contributed by atoms with E-state index in [1.54, 1.807) is 61.5 Å². The number of amidine groups is 1. The average molecular weight is 453 g/mol. The Morgan fingerprint density at radius 2 is 1.80 bits per heavy atom. The summed E-state index contributed by atoms with van der Waals surface area (Å²) in [6, 6.07) is 13.5. The van der Waals surface area contributed by atoms with E-state index < -0.39 is 22.1 Å². The molecule has 0 aliphatic carbocycles. The molecule has 1 aliphatic heterocycles. The first-order valence-corrected chi connectivity index (χ1v) is 11.0. The van der Waals surface area contributed by atoms with Gasteiger partial charge in [-0.25, -0.2) is 0 Å². The summed E-state index contributed by atoms with van der Waals surface area (Å²) >= 11 is 5.57. The highest BCUT2D eigenvalue weighted by Gasteiger charge is 2.31. The fourth-order valence-corrected chi connectivity index (χ4v) is 4.27. The Bertz CT molecular complexity index is 1040. The maximum absolute atomic E-state index is 12.3. The topological polar surface area (TPSA) is 94.5 Å². The Morgan fingerprint density at radius 3 is 2.47 bits per heavy atom. The number of alkyl halides is 1. The number of hydrogen-bond donors (Lipinski definition) is 0. The molecule has 0 saturated heterocycles. The van der Waals surface area contributed by atoms with Crippen LogP contribution >= 0.6 is 11.6 Å². The molecule has 0 N–H and O–H groups in total. The molecule has 160 valence electrons. The number of esters is 1. The molecular formula is C20H21ClN2O6S. The van der Waals surface area contributed by atoms with Gasteiger partial charge in [0.05, 0.1) is 13.7 Å². The molecule has 1 atom stereocenters. The quantitative estimate of drug-likeness (QED) is 0.448. The molecule has 0 radical (unpaired) electrons. The highest BCUT2D eigenvalue weighted by molar-refractivity contribution is 7.90. The first kappa shape index (κ1) is 21.9. The van der Waals surface area contributed by atoms with Gasteiger partial charge in [0.1, 0.15) is 28.9 Å². The largest absolute Gasteiger partial charge is 0.497 e. The summed E-state index contributed by atoms with van der Waals surface area (Å²) in [6.45, 7) is 0.197. The van der Waals surface area contributed by atoms with Crippen LogP contribution in [0.25, 0.3) is 0 Å². The number of methoxy groups -OCH3 is 1. The summed E-state index contributed by atoms with van der Waals surface area (Å²) in [5.74, 6) is 0.626. The molecule has 0 spiro atoms. The number of carbonyl (C=O) groups excluding carboxylic acids is 1. The normalized spacial score (nSPS) is 15.0. The lowest BCUT2D eigenvalue weighted by molar-refractivity contribution is -0.147. The van der Waals surface area contributed by atoms with Crippen molar-refractivity contribution >= 4 is 33.4 Å². The molecule has 0 unspecified atom stereocenters. The lowest BCUT2D eigenvalue weighted by Gasteiger charge is -2.25. The fourth-order valence-electron chi connectivity index (χ4n) is 2.96. The third kappa shape index (κ3) is 5.03. The summed E-state index contributed by atoms with van der Waals surface area (Å²) in [5, 5.41) is 0. The van der Waals surface area contributed by atoms with Crippen molar-refractivity contribution in [1.29, 1.82) is 0 Å². The second-order valence-corrected chi connectivity index (χ2v) is 8.34. The highest BCUT2D eigenvalue weighted by atomic mass is 35.5. The Hall–Kier alpha value is -2.78. The van der Waals surface area contributed by atoms with E-state index in [1.165, 1.54) is 6.07 Å². The maximum atomic E-state index is 12.3. The Kier molecular flexibility index (Phi) is 6.84. The van der Waals surface area contributed by atoms with Crippen LogP contribution in [0, 0.1) is 0 Å². The van der Waals surface area contributed by atoms with Gasteiger partial charge in [-0.05, 0) is 36.4 Å². The minimum Gasteiger partial charge on any atom is -0.497 e. The van der Waals surface area contributed by atoms with E-state index in [0.29, 0.717) is 17.1 Å². The minimum atomic E-state index is -3.75. The van der Waals surface area contributed by atoms with Crippen LogP contribution in [0.4, 0.5) is 0 Å². The standard InChI is InChI=1S/C20H21ClN2O6S/c1-23(20-17-5-3-4-6-18(17)30(25,26)22-20)12-16(29-19(24)11-21)13-28-15-9-7-14(27-2)8-10-15/h3-10,16H,11-13H2,1-2H3/t16-/m0/s1. The molecule has 8 nitrogen and oxygen atoms in total. The predicted molar refractivity (Wildman–Crippen MR) is 112 cm³/mol. The summed E-state index contributed by atoms with van der Waals surface area (Å²) in [6.07, 6.45) is -0.707. The third-order valence-corrected chi connectivity index (χ3v) is 5.90. The summed E-state index contributed by atoms with van der Waals surface area (Å²) in [5.41, 5.74) is 0.499. The second-order valence-electron chi connectivity index (χ2n) is 6.50. The molecule has 0 bridgehead atoms. The van der Waals surface area contributed by atoms with Gasteiger partial charge < -0.3 is 19.1 Å². The van der Waals surface area contributed by atoms with Gasteiger partial charge in [0.25, 0.3) is 10.0 Å². The Labute approximate surface area is 180 Å². The van der Waals surface area contributed by atoms with Gasteiger partial charge in [0.15, 0.2) is 11.9 Å². The minimum absolute atomic E-state index is 0.0426. The molecule has 0 aromatic heterocycles. The van der Waals surface area contributed by atoms with Gasteiger partial charge in [-0.3, -0.25) is 4.79 Å². The smallest absolute Gasteiger partial charge is 0.321 e. The zero-order valence-electron chi connectivity index (χ0n) is 16.4. The lowest BCUT2D eigenvalue weighted by atomic mass is 10.2. The Morgan fingerprint density at radius 1 is 1.13 bits per heavy atom. The van der Waals surface area contributed by atoms with Gasteiger partial charge in [0, 0.05) is 12.6 Å². The number of rotatable bonds is 8. The first-order chi connectivity index (χ1) is 14.3. The molecule has 3 rings (SSSR count). The van der Waals surface area contributed by atoms with Gasteiger partial charge in [0.2, 0.25) is 0 Å². The lowest BCUT2D eigenvalue weighted by Crippen LogP contribution is -2.39. The van der Waals surface area contributed by atoms with Crippen molar-refractivity contribution in [3.8, 4) is 11.5 Å². The van der Waals surface area contributed by atoms with Crippen LogP contribution in [0.15, 0.2) is 57.8 Å². The van der Waals surface area contributed by atoms with E-state index in [4.69, 9.17) is 25.8 Å². The zero-order chi connectivity index (χ0) is 21.7. The van der Waals surface area contributed by atoms with E-state index in [2.05, 4.69) is 4.40 Å². The highest BCUT2D eigenvalue weighted by Crippen LogP contribution is 2.27. The number of likely N-dealkylation sites (N-methyl/N-ethyl adjacent to an activating group) is 1. The molecule has 1 aliphatic rings.